The first-order valence-electron chi connectivity index (χ1n) is 5.80. The molecule has 1 atom stereocenters. The summed E-state index contributed by atoms with van der Waals surface area (Å²) in [5, 5.41) is 0. The van der Waals surface area contributed by atoms with E-state index in [2.05, 4.69) is 19.3 Å². The summed E-state index contributed by atoms with van der Waals surface area (Å²) in [6.45, 7) is 4.43. The summed E-state index contributed by atoms with van der Waals surface area (Å²) in [6.07, 6.45) is 6.05. The van der Waals surface area contributed by atoms with Crippen LogP contribution in [0.4, 0.5) is 0 Å². The van der Waals surface area contributed by atoms with E-state index in [1.165, 1.54) is 12.8 Å². The molecule has 86 valence electrons. The molecule has 1 rings (SSSR count). The predicted molar refractivity (Wildman–Crippen MR) is 62.2 cm³/mol. The van der Waals surface area contributed by atoms with Crippen molar-refractivity contribution in [3.05, 3.63) is 24.2 Å². The molecule has 0 radical (unpaired) electrons. The molecule has 0 fully saturated rings. The minimum Gasteiger partial charge on any atom is -0.469 e. The third-order valence-corrected chi connectivity index (χ3v) is 3.11. The van der Waals surface area contributed by atoms with Crippen molar-refractivity contribution in [1.82, 2.24) is 5.43 Å². The molecule has 3 nitrogen and oxygen atoms in total. The summed E-state index contributed by atoms with van der Waals surface area (Å²) >= 11 is 0. The summed E-state index contributed by atoms with van der Waals surface area (Å²) in [7, 11) is 0. The number of furan rings is 1. The maximum absolute atomic E-state index is 5.58. The normalized spacial score (nSPS) is 13.3. The Kier molecular flexibility index (Phi) is 5.43. The molecule has 0 amide bonds. The Balaban J connectivity index is 2.39. The molecule has 3 heteroatoms. The SMILES string of the molecule is CCC(CC)C(CCc1ccco1)NN. The van der Waals surface area contributed by atoms with Crippen molar-refractivity contribution in [3.8, 4) is 0 Å². The molecule has 1 aromatic rings. The van der Waals surface area contributed by atoms with E-state index in [4.69, 9.17) is 10.3 Å². The molecule has 0 aliphatic rings. The fraction of sp³-hybridized carbons (Fsp3) is 0.667. The average Bonchev–Trinajstić information content (AvgIpc) is 2.77. The van der Waals surface area contributed by atoms with E-state index in [0.717, 1.165) is 18.6 Å². The van der Waals surface area contributed by atoms with Gasteiger partial charge in [-0.05, 0) is 24.5 Å². The van der Waals surface area contributed by atoms with Crippen LogP contribution in [0.15, 0.2) is 22.8 Å². The van der Waals surface area contributed by atoms with Gasteiger partial charge in [0.25, 0.3) is 0 Å². The fourth-order valence-corrected chi connectivity index (χ4v) is 2.07. The highest BCUT2D eigenvalue weighted by Gasteiger charge is 2.16. The van der Waals surface area contributed by atoms with Gasteiger partial charge in [0, 0.05) is 12.5 Å². The van der Waals surface area contributed by atoms with E-state index in [9.17, 15) is 0 Å². The van der Waals surface area contributed by atoms with E-state index >= 15 is 0 Å². The summed E-state index contributed by atoms with van der Waals surface area (Å²) < 4.78 is 5.31. The van der Waals surface area contributed by atoms with E-state index in [1.54, 1.807) is 6.26 Å². The van der Waals surface area contributed by atoms with E-state index in [-0.39, 0.29) is 0 Å². The number of hydrogen-bond acceptors (Lipinski definition) is 3. The number of rotatable bonds is 7. The Morgan fingerprint density at radius 2 is 2.13 bits per heavy atom. The van der Waals surface area contributed by atoms with Gasteiger partial charge >= 0.3 is 0 Å². The van der Waals surface area contributed by atoms with Crippen LogP contribution >= 0.6 is 0 Å². The van der Waals surface area contributed by atoms with Crippen LogP contribution in [0.1, 0.15) is 38.9 Å². The first kappa shape index (κ1) is 12.3. The van der Waals surface area contributed by atoms with Gasteiger partial charge in [-0.25, -0.2) is 0 Å². The Bertz CT molecular complexity index is 242. The largest absolute Gasteiger partial charge is 0.469 e. The zero-order valence-electron chi connectivity index (χ0n) is 9.70. The number of hydrogen-bond donors (Lipinski definition) is 2. The summed E-state index contributed by atoms with van der Waals surface area (Å²) in [4.78, 5) is 0. The highest BCUT2D eigenvalue weighted by Crippen LogP contribution is 2.17. The van der Waals surface area contributed by atoms with Gasteiger partial charge in [0.2, 0.25) is 0 Å². The number of nitrogens with two attached hydrogens (primary N) is 1. The molecule has 0 saturated carbocycles. The second-order valence-electron chi connectivity index (χ2n) is 3.97. The molecule has 1 aromatic heterocycles. The van der Waals surface area contributed by atoms with E-state index < -0.39 is 0 Å². The monoisotopic (exact) mass is 210 g/mol. The Morgan fingerprint density at radius 1 is 1.40 bits per heavy atom. The van der Waals surface area contributed by atoms with Gasteiger partial charge in [0.1, 0.15) is 5.76 Å². The fourth-order valence-electron chi connectivity index (χ4n) is 2.07. The Morgan fingerprint density at radius 3 is 2.60 bits per heavy atom. The molecule has 15 heavy (non-hydrogen) atoms. The van der Waals surface area contributed by atoms with Crippen LogP contribution < -0.4 is 11.3 Å². The van der Waals surface area contributed by atoms with Gasteiger partial charge in [0.15, 0.2) is 0 Å². The zero-order chi connectivity index (χ0) is 11.1. The first-order valence-corrected chi connectivity index (χ1v) is 5.80. The van der Waals surface area contributed by atoms with Gasteiger partial charge in [-0.15, -0.1) is 0 Å². The van der Waals surface area contributed by atoms with Crippen molar-refractivity contribution in [3.63, 3.8) is 0 Å². The second kappa shape index (κ2) is 6.64. The van der Waals surface area contributed by atoms with Crippen molar-refractivity contribution in [2.45, 2.75) is 45.6 Å². The number of hydrazine groups is 1. The second-order valence-corrected chi connectivity index (χ2v) is 3.97. The van der Waals surface area contributed by atoms with Crippen LogP contribution in [-0.4, -0.2) is 6.04 Å². The van der Waals surface area contributed by atoms with Crippen molar-refractivity contribution in [1.29, 1.82) is 0 Å². The van der Waals surface area contributed by atoms with Gasteiger partial charge in [-0.1, -0.05) is 26.7 Å². The maximum Gasteiger partial charge on any atom is 0.103 e. The molecule has 0 aromatic carbocycles. The van der Waals surface area contributed by atoms with Crippen molar-refractivity contribution in [2.75, 3.05) is 0 Å². The van der Waals surface area contributed by atoms with E-state index in [1.807, 2.05) is 12.1 Å². The quantitative estimate of drug-likeness (QED) is 0.537. The van der Waals surface area contributed by atoms with Crippen molar-refractivity contribution >= 4 is 0 Å². The highest BCUT2D eigenvalue weighted by molar-refractivity contribution is 4.98. The number of aryl methyl sites for hydroxylation is 1. The van der Waals surface area contributed by atoms with Crippen LogP contribution in [0, 0.1) is 5.92 Å². The maximum atomic E-state index is 5.58. The number of nitrogens with one attached hydrogen (secondary N) is 1. The molecule has 0 aliphatic carbocycles. The molecule has 1 heterocycles. The lowest BCUT2D eigenvalue weighted by molar-refractivity contribution is 0.315. The molecular weight excluding hydrogens is 188 g/mol. The third kappa shape index (κ3) is 3.68. The van der Waals surface area contributed by atoms with Crippen LogP contribution in [0.3, 0.4) is 0 Å². The van der Waals surface area contributed by atoms with Crippen LogP contribution in [0.2, 0.25) is 0 Å². The lowest BCUT2D eigenvalue weighted by Crippen LogP contribution is -2.40. The lowest BCUT2D eigenvalue weighted by Gasteiger charge is -2.24. The van der Waals surface area contributed by atoms with Crippen LogP contribution in [0.25, 0.3) is 0 Å². The van der Waals surface area contributed by atoms with Gasteiger partial charge < -0.3 is 4.42 Å². The lowest BCUT2D eigenvalue weighted by atomic mass is 9.91. The zero-order valence-corrected chi connectivity index (χ0v) is 9.70. The average molecular weight is 210 g/mol. The summed E-state index contributed by atoms with van der Waals surface area (Å²) in [5.41, 5.74) is 2.92. The third-order valence-electron chi connectivity index (χ3n) is 3.11. The standard InChI is InChI=1S/C12H22N2O/c1-3-10(4-2)12(14-13)8-7-11-6-5-9-15-11/h5-6,9-10,12,14H,3-4,7-8,13H2,1-2H3. The Labute approximate surface area is 92.0 Å². The molecule has 0 aliphatic heterocycles. The van der Waals surface area contributed by atoms with Crippen LogP contribution in [-0.2, 0) is 6.42 Å². The first-order chi connectivity index (χ1) is 7.31. The highest BCUT2D eigenvalue weighted by atomic mass is 16.3. The smallest absolute Gasteiger partial charge is 0.103 e. The molecule has 0 saturated heterocycles. The topological polar surface area (TPSA) is 51.2 Å². The van der Waals surface area contributed by atoms with Crippen molar-refractivity contribution in [2.24, 2.45) is 11.8 Å². The predicted octanol–water partition coefficient (Wildman–Crippen LogP) is 2.48. The van der Waals surface area contributed by atoms with Gasteiger partial charge in [-0.3, -0.25) is 11.3 Å². The van der Waals surface area contributed by atoms with E-state index in [0.29, 0.717) is 12.0 Å². The van der Waals surface area contributed by atoms with Gasteiger partial charge in [-0.2, -0.15) is 0 Å². The molecule has 1 unspecified atom stereocenters. The molecule has 0 bridgehead atoms. The Hall–Kier alpha value is -0.800. The van der Waals surface area contributed by atoms with Crippen LogP contribution in [0.5, 0.6) is 0 Å². The molecule has 0 spiro atoms. The molecular formula is C12H22N2O. The summed E-state index contributed by atoms with van der Waals surface area (Å²) in [6, 6.07) is 4.34. The minimum atomic E-state index is 0.394. The summed E-state index contributed by atoms with van der Waals surface area (Å²) in [5.74, 6) is 7.28. The molecule has 3 N–H and O–H groups in total. The minimum absolute atomic E-state index is 0.394. The van der Waals surface area contributed by atoms with Crippen molar-refractivity contribution < 1.29 is 4.42 Å². The van der Waals surface area contributed by atoms with Gasteiger partial charge in [0.05, 0.1) is 6.26 Å².